The fourth-order valence-corrected chi connectivity index (χ4v) is 2.56. The van der Waals surface area contributed by atoms with Gasteiger partial charge in [0.2, 0.25) is 5.96 Å². The third-order valence-electron chi connectivity index (χ3n) is 3.69. The van der Waals surface area contributed by atoms with Crippen LogP contribution in [0.3, 0.4) is 0 Å². The van der Waals surface area contributed by atoms with Gasteiger partial charge in [-0.3, -0.25) is 10.6 Å². The van der Waals surface area contributed by atoms with Crippen LogP contribution in [0.1, 0.15) is 47.1 Å². The van der Waals surface area contributed by atoms with E-state index in [-0.39, 0.29) is 12.5 Å². The zero-order valence-electron chi connectivity index (χ0n) is 19.0. The minimum absolute atomic E-state index is 0.0476. The van der Waals surface area contributed by atoms with Crippen LogP contribution >= 0.6 is 0 Å². The molecule has 2 aromatic rings. The molecule has 0 saturated carbocycles. The largest absolute Gasteiger partial charge is 0.444 e. The molecular weight excluding hydrogens is 394 g/mol. The van der Waals surface area contributed by atoms with Gasteiger partial charge in [0.05, 0.1) is 6.54 Å². The van der Waals surface area contributed by atoms with Crippen molar-refractivity contribution in [2.45, 2.75) is 59.3 Å². The van der Waals surface area contributed by atoms with Gasteiger partial charge in [-0.1, -0.05) is 48.5 Å². The van der Waals surface area contributed by atoms with E-state index >= 15 is 0 Å². The number of rotatable bonds is 3. The van der Waals surface area contributed by atoms with Crippen molar-refractivity contribution in [1.29, 1.82) is 0 Å². The number of nitrogens with zero attached hydrogens (tertiary/aromatic N) is 1. The van der Waals surface area contributed by atoms with Crippen molar-refractivity contribution in [1.82, 2.24) is 10.6 Å². The topological polar surface area (TPSA) is 89.0 Å². The van der Waals surface area contributed by atoms with Crippen LogP contribution in [0.4, 0.5) is 9.59 Å². The number of aliphatic imine (C=N–C) groups is 1. The van der Waals surface area contributed by atoms with Crippen molar-refractivity contribution in [3.05, 3.63) is 60.2 Å². The maximum absolute atomic E-state index is 12.2. The highest BCUT2D eigenvalue weighted by Crippen LogP contribution is 2.20. The number of benzene rings is 2. The summed E-state index contributed by atoms with van der Waals surface area (Å²) >= 11 is 0. The smallest absolute Gasteiger partial charge is 0.414 e. The molecule has 0 unspecified atom stereocenters. The monoisotopic (exact) mass is 425 g/mol. The minimum Gasteiger partial charge on any atom is -0.444 e. The van der Waals surface area contributed by atoms with Crippen molar-refractivity contribution >= 4 is 18.1 Å². The van der Waals surface area contributed by atoms with Crippen LogP contribution < -0.4 is 10.6 Å². The lowest BCUT2D eigenvalue weighted by Gasteiger charge is -2.22. The number of amides is 2. The third kappa shape index (κ3) is 9.33. The molecule has 0 radical (unpaired) electrons. The summed E-state index contributed by atoms with van der Waals surface area (Å²) in [6, 6.07) is 17.9. The molecule has 0 spiro atoms. The number of hydrogen-bond acceptors (Lipinski definition) is 5. The Hall–Kier alpha value is -3.35. The number of hydrogen-bond donors (Lipinski definition) is 2. The second-order valence-corrected chi connectivity index (χ2v) is 8.99. The van der Waals surface area contributed by atoms with Crippen LogP contribution in [0.15, 0.2) is 59.6 Å². The predicted octanol–water partition coefficient (Wildman–Crippen LogP) is 5.26. The van der Waals surface area contributed by atoms with E-state index in [4.69, 9.17) is 9.47 Å². The Morgan fingerprint density at radius 1 is 0.774 bits per heavy atom. The van der Waals surface area contributed by atoms with E-state index in [9.17, 15) is 9.59 Å². The van der Waals surface area contributed by atoms with Gasteiger partial charge in [0.25, 0.3) is 0 Å². The number of carbonyl (C=O) groups is 2. The van der Waals surface area contributed by atoms with Crippen molar-refractivity contribution in [2.75, 3.05) is 0 Å². The Morgan fingerprint density at radius 3 is 1.81 bits per heavy atom. The van der Waals surface area contributed by atoms with Gasteiger partial charge in [-0.25, -0.2) is 14.6 Å². The van der Waals surface area contributed by atoms with Crippen molar-refractivity contribution in [2.24, 2.45) is 4.99 Å². The molecule has 0 atom stereocenters. The third-order valence-corrected chi connectivity index (χ3v) is 3.69. The first-order valence-corrected chi connectivity index (χ1v) is 10.1. The molecule has 166 valence electrons. The van der Waals surface area contributed by atoms with Crippen molar-refractivity contribution in [3.8, 4) is 11.1 Å². The predicted molar refractivity (Wildman–Crippen MR) is 122 cm³/mol. The van der Waals surface area contributed by atoms with Crippen LogP contribution in [0.5, 0.6) is 0 Å². The Kier molecular flexibility index (Phi) is 7.80. The standard InChI is InChI=1S/C24H31N3O4/c1-23(2,3)30-21(28)26-20(27-22(29)31-24(4,5)6)25-16-17-11-10-14-19(15-17)18-12-8-7-9-13-18/h7-15H,16H2,1-6H3,(H2,25,26,27,28,29). The van der Waals surface area contributed by atoms with E-state index in [0.29, 0.717) is 0 Å². The zero-order valence-corrected chi connectivity index (χ0v) is 19.0. The summed E-state index contributed by atoms with van der Waals surface area (Å²) in [6.07, 6.45) is -1.44. The molecule has 0 fully saturated rings. The highest BCUT2D eigenvalue weighted by molar-refractivity contribution is 6.01. The molecular formula is C24H31N3O4. The lowest BCUT2D eigenvalue weighted by atomic mass is 10.0. The van der Waals surface area contributed by atoms with Gasteiger partial charge in [-0.05, 0) is 64.3 Å². The van der Waals surface area contributed by atoms with E-state index < -0.39 is 23.4 Å². The summed E-state index contributed by atoms with van der Waals surface area (Å²) in [5.41, 5.74) is 1.68. The van der Waals surface area contributed by atoms with Gasteiger partial charge in [0.1, 0.15) is 11.2 Å². The average molecular weight is 426 g/mol. The summed E-state index contributed by atoms with van der Waals surface area (Å²) < 4.78 is 10.5. The van der Waals surface area contributed by atoms with Crippen LogP contribution in [0.2, 0.25) is 0 Å². The molecule has 7 nitrogen and oxygen atoms in total. The van der Waals surface area contributed by atoms with Gasteiger partial charge < -0.3 is 9.47 Å². The Morgan fingerprint density at radius 2 is 1.29 bits per heavy atom. The maximum atomic E-state index is 12.2. The Labute approximate surface area is 183 Å². The summed E-state index contributed by atoms with van der Waals surface area (Å²) in [5.74, 6) is -0.0476. The molecule has 0 heterocycles. The Bertz CT molecular complexity index is 894. The lowest BCUT2D eigenvalue weighted by Crippen LogP contribution is -2.47. The van der Waals surface area contributed by atoms with Gasteiger partial charge >= 0.3 is 12.2 Å². The van der Waals surface area contributed by atoms with Crippen LogP contribution in [-0.4, -0.2) is 29.3 Å². The van der Waals surface area contributed by atoms with E-state index in [2.05, 4.69) is 15.6 Å². The summed E-state index contributed by atoms with van der Waals surface area (Å²) in [6.45, 7) is 10.7. The first-order chi connectivity index (χ1) is 14.4. The molecule has 0 aliphatic heterocycles. The summed E-state index contributed by atoms with van der Waals surface area (Å²) in [4.78, 5) is 28.7. The van der Waals surface area contributed by atoms with E-state index in [1.165, 1.54) is 0 Å². The molecule has 31 heavy (non-hydrogen) atoms. The van der Waals surface area contributed by atoms with Gasteiger partial charge in [-0.15, -0.1) is 0 Å². The highest BCUT2D eigenvalue weighted by Gasteiger charge is 2.21. The maximum Gasteiger partial charge on any atom is 0.414 e. The molecule has 2 rings (SSSR count). The highest BCUT2D eigenvalue weighted by atomic mass is 16.6. The van der Waals surface area contributed by atoms with Crippen molar-refractivity contribution in [3.63, 3.8) is 0 Å². The molecule has 0 saturated heterocycles. The average Bonchev–Trinajstić information content (AvgIpc) is 2.64. The zero-order chi connectivity index (χ0) is 23.1. The minimum atomic E-state index is -0.722. The first-order valence-electron chi connectivity index (χ1n) is 10.1. The molecule has 2 N–H and O–H groups in total. The number of alkyl carbamates (subject to hydrolysis) is 2. The van der Waals surface area contributed by atoms with E-state index in [1.807, 2.05) is 54.6 Å². The molecule has 2 aromatic carbocycles. The van der Waals surface area contributed by atoms with Crippen LogP contribution in [0.25, 0.3) is 11.1 Å². The van der Waals surface area contributed by atoms with Crippen LogP contribution in [-0.2, 0) is 16.0 Å². The number of guanidine groups is 1. The summed E-state index contributed by atoms with van der Waals surface area (Å²) in [5, 5.41) is 4.97. The quantitative estimate of drug-likeness (QED) is 0.519. The molecule has 7 heteroatoms. The second kappa shape index (κ2) is 10.1. The van der Waals surface area contributed by atoms with Gasteiger partial charge in [0, 0.05) is 0 Å². The van der Waals surface area contributed by atoms with Gasteiger partial charge in [0.15, 0.2) is 0 Å². The molecule has 0 bridgehead atoms. The van der Waals surface area contributed by atoms with Crippen LogP contribution in [0, 0.1) is 0 Å². The Balaban J connectivity index is 2.18. The number of ether oxygens (including phenoxy) is 2. The normalized spacial score (nSPS) is 11.3. The lowest BCUT2D eigenvalue weighted by molar-refractivity contribution is 0.0545. The van der Waals surface area contributed by atoms with E-state index in [1.54, 1.807) is 41.5 Å². The molecule has 0 aliphatic rings. The fourth-order valence-electron chi connectivity index (χ4n) is 2.56. The molecule has 2 amide bonds. The SMILES string of the molecule is CC(C)(C)OC(=O)NC(=NCc1cccc(-c2ccccc2)c1)NC(=O)OC(C)(C)C. The summed E-state index contributed by atoms with van der Waals surface area (Å²) in [7, 11) is 0. The molecule has 0 aliphatic carbocycles. The first kappa shape index (κ1) is 23.9. The van der Waals surface area contributed by atoms with Gasteiger partial charge in [-0.2, -0.15) is 0 Å². The number of nitrogens with one attached hydrogen (secondary N) is 2. The number of carbonyl (C=O) groups excluding carboxylic acids is 2. The van der Waals surface area contributed by atoms with E-state index in [0.717, 1.165) is 16.7 Å². The van der Waals surface area contributed by atoms with Crippen molar-refractivity contribution < 1.29 is 19.1 Å². The second-order valence-electron chi connectivity index (χ2n) is 8.99. The fraction of sp³-hybridized carbons (Fsp3) is 0.375. The molecule has 0 aromatic heterocycles.